The van der Waals surface area contributed by atoms with E-state index in [1.165, 1.54) is 0 Å². The van der Waals surface area contributed by atoms with Crippen molar-refractivity contribution in [3.63, 3.8) is 0 Å². The first-order valence-electron chi connectivity index (χ1n) is 6.16. The second-order valence-corrected chi connectivity index (χ2v) is 5.41. The zero-order valence-electron chi connectivity index (χ0n) is 10.0. The maximum atomic E-state index is 9.85. The molecule has 0 aromatic heterocycles. The Bertz CT molecular complexity index is 410. The van der Waals surface area contributed by atoms with Crippen LogP contribution in [0.5, 0.6) is 0 Å². The van der Waals surface area contributed by atoms with Crippen LogP contribution in [-0.2, 0) is 0 Å². The Morgan fingerprint density at radius 1 is 1.22 bits per heavy atom. The minimum atomic E-state index is -0.302. The van der Waals surface area contributed by atoms with Crippen LogP contribution < -0.4 is 10.6 Å². The fraction of sp³-hybridized carbons (Fsp3) is 0.462. The van der Waals surface area contributed by atoms with Gasteiger partial charge in [0, 0.05) is 10.7 Å². The molecule has 1 aliphatic rings. The van der Waals surface area contributed by atoms with Crippen molar-refractivity contribution < 1.29 is 5.11 Å². The molecule has 0 amide bonds. The van der Waals surface area contributed by atoms with E-state index in [1.807, 2.05) is 24.3 Å². The number of hydrogen-bond acceptors (Lipinski definition) is 2. The number of thiocarbonyl (C=S) groups is 1. The summed E-state index contributed by atoms with van der Waals surface area (Å²) in [5.74, 6) is 0. The largest absolute Gasteiger partial charge is 0.391 e. The number of benzene rings is 1. The van der Waals surface area contributed by atoms with E-state index in [0.29, 0.717) is 10.1 Å². The van der Waals surface area contributed by atoms with E-state index in [1.54, 1.807) is 0 Å². The first-order valence-corrected chi connectivity index (χ1v) is 6.95. The molecule has 0 saturated heterocycles. The third kappa shape index (κ3) is 3.83. The SMILES string of the molecule is O[C@H]1CCCC[C@H]1NC(=S)Nc1ccc(Cl)cc1. The third-order valence-corrected chi connectivity index (χ3v) is 3.62. The predicted octanol–water partition coefficient (Wildman–Crippen LogP) is 2.93. The number of aliphatic hydroxyl groups excluding tert-OH is 1. The Morgan fingerprint density at radius 2 is 1.89 bits per heavy atom. The molecule has 1 aliphatic carbocycles. The van der Waals surface area contributed by atoms with E-state index in [2.05, 4.69) is 10.6 Å². The summed E-state index contributed by atoms with van der Waals surface area (Å²) in [7, 11) is 0. The van der Waals surface area contributed by atoms with Gasteiger partial charge < -0.3 is 15.7 Å². The van der Waals surface area contributed by atoms with Gasteiger partial charge in [0.2, 0.25) is 0 Å². The first-order chi connectivity index (χ1) is 8.65. The average Bonchev–Trinajstić information content (AvgIpc) is 2.35. The minimum Gasteiger partial charge on any atom is -0.391 e. The van der Waals surface area contributed by atoms with E-state index in [4.69, 9.17) is 23.8 Å². The minimum absolute atomic E-state index is 0.0612. The predicted molar refractivity (Wildman–Crippen MR) is 79.1 cm³/mol. The van der Waals surface area contributed by atoms with Crippen molar-refractivity contribution in [2.45, 2.75) is 37.8 Å². The lowest BCUT2D eigenvalue weighted by atomic mass is 9.93. The van der Waals surface area contributed by atoms with E-state index < -0.39 is 0 Å². The fourth-order valence-corrected chi connectivity index (χ4v) is 2.54. The summed E-state index contributed by atoms with van der Waals surface area (Å²) in [6.45, 7) is 0. The van der Waals surface area contributed by atoms with Crippen LogP contribution in [-0.4, -0.2) is 22.4 Å². The second-order valence-electron chi connectivity index (χ2n) is 4.56. The number of rotatable bonds is 2. The van der Waals surface area contributed by atoms with Crippen molar-refractivity contribution in [3.8, 4) is 0 Å². The zero-order valence-corrected chi connectivity index (χ0v) is 11.6. The summed E-state index contributed by atoms with van der Waals surface area (Å²) in [6, 6.07) is 7.41. The van der Waals surface area contributed by atoms with Crippen LogP contribution in [0.4, 0.5) is 5.69 Å². The van der Waals surface area contributed by atoms with Gasteiger partial charge >= 0.3 is 0 Å². The van der Waals surface area contributed by atoms with Crippen LogP contribution >= 0.6 is 23.8 Å². The molecule has 0 heterocycles. The topological polar surface area (TPSA) is 44.3 Å². The molecule has 98 valence electrons. The van der Waals surface area contributed by atoms with Gasteiger partial charge in [0.15, 0.2) is 5.11 Å². The lowest BCUT2D eigenvalue weighted by Crippen LogP contribution is -2.46. The molecule has 1 fully saturated rings. The number of nitrogens with one attached hydrogen (secondary N) is 2. The van der Waals surface area contributed by atoms with Crippen molar-refractivity contribution in [2.75, 3.05) is 5.32 Å². The number of halogens is 1. The maximum Gasteiger partial charge on any atom is 0.171 e. The molecule has 1 aromatic carbocycles. The van der Waals surface area contributed by atoms with Crippen LogP contribution in [0.25, 0.3) is 0 Å². The normalized spacial score (nSPS) is 23.4. The molecule has 0 spiro atoms. The van der Waals surface area contributed by atoms with Gasteiger partial charge in [-0.25, -0.2) is 0 Å². The van der Waals surface area contributed by atoms with Gasteiger partial charge in [-0.05, 0) is 49.3 Å². The third-order valence-electron chi connectivity index (χ3n) is 3.15. The molecule has 18 heavy (non-hydrogen) atoms. The van der Waals surface area contributed by atoms with Crippen molar-refractivity contribution in [1.82, 2.24) is 5.32 Å². The molecule has 0 bridgehead atoms. The van der Waals surface area contributed by atoms with Crippen LogP contribution in [0.1, 0.15) is 25.7 Å². The van der Waals surface area contributed by atoms with Gasteiger partial charge in [-0.15, -0.1) is 0 Å². The Labute approximate surface area is 118 Å². The molecule has 2 rings (SSSR count). The smallest absolute Gasteiger partial charge is 0.171 e. The summed E-state index contributed by atoms with van der Waals surface area (Å²) < 4.78 is 0. The summed E-state index contributed by atoms with van der Waals surface area (Å²) >= 11 is 11.0. The average molecular weight is 285 g/mol. The van der Waals surface area contributed by atoms with E-state index in [0.717, 1.165) is 31.4 Å². The molecule has 0 radical (unpaired) electrons. The molecule has 3 N–H and O–H groups in total. The first kappa shape index (κ1) is 13.6. The lowest BCUT2D eigenvalue weighted by Gasteiger charge is -2.29. The number of hydrogen-bond donors (Lipinski definition) is 3. The van der Waals surface area contributed by atoms with Gasteiger partial charge in [-0.3, -0.25) is 0 Å². The van der Waals surface area contributed by atoms with Crippen LogP contribution in [0.3, 0.4) is 0 Å². The lowest BCUT2D eigenvalue weighted by molar-refractivity contribution is 0.100. The van der Waals surface area contributed by atoms with Crippen molar-refractivity contribution >= 4 is 34.6 Å². The van der Waals surface area contributed by atoms with Gasteiger partial charge in [0.25, 0.3) is 0 Å². The van der Waals surface area contributed by atoms with Gasteiger partial charge in [0.1, 0.15) is 0 Å². The summed E-state index contributed by atoms with van der Waals surface area (Å²) in [6.07, 6.45) is 3.74. The summed E-state index contributed by atoms with van der Waals surface area (Å²) in [4.78, 5) is 0. The molecule has 1 saturated carbocycles. The maximum absolute atomic E-state index is 9.85. The van der Waals surface area contributed by atoms with E-state index >= 15 is 0 Å². The molecule has 0 aliphatic heterocycles. The van der Waals surface area contributed by atoms with Crippen molar-refractivity contribution in [3.05, 3.63) is 29.3 Å². The van der Waals surface area contributed by atoms with Crippen molar-refractivity contribution in [2.24, 2.45) is 0 Å². The van der Waals surface area contributed by atoms with Crippen LogP contribution in [0.2, 0.25) is 5.02 Å². The Balaban J connectivity index is 1.86. The van der Waals surface area contributed by atoms with Gasteiger partial charge in [0.05, 0.1) is 12.1 Å². The Hall–Kier alpha value is -0.840. The number of aliphatic hydroxyl groups is 1. The van der Waals surface area contributed by atoms with Crippen LogP contribution in [0, 0.1) is 0 Å². The quantitative estimate of drug-likeness (QED) is 0.731. The van der Waals surface area contributed by atoms with Crippen molar-refractivity contribution in [1.29, 1.82) is 0 Å². The summed E-state index contributed by atoms with van der Waals surface area (Å²) in [5, 5.41) is 17.4. The molecule has 1 aromatic rings. The summed E-state index contributed by atoms with van der Waals surface area (Å²) in [5.41, 5.74) is 0.891. The van der Waals surface area contributed by atoms with Gasteiger partial charge in [-0.2, -0.15) is 0 Å². The zero-order chi connectivity index (χ0) is 13.0. The fourth-order valence-electron chi connectivity index (χ4n) is 2.15. The molecular formula is C13H17ClN2OS. The van der Waals surface area contributed by atoms with E-state index in [9.17, 15) is 5.11 Å². The Kier molecular flexibility index (Phi) is 4.80. The highest BCUT2D eigenvalue weighted by molar-refractivity contribution is 7.80. The standard InChI is InChI=1S/C13H17ClN2OS/c14-9-5-7-10(8-6-9)15-13(18)16-11-3-1-2-4-12(11)17/h5-8,11-12,17H,1-4H2,(H2,15,16,18)/t11-,12+/m1/s1. The van der Waals surface area contributed by atoms with Gasteiger partial charge in [-0.1, -0.05) is 24.4 Å². The monoisotopic (exact) mass is 284 g/mol. The second kappa shape index (κ2) is 6.36. The molecule has 2 atom stereocenters. The molecule has 3 nitrogen and oxygen atoms in total. The molecular weight excluding hydrogens is 268 g/mol. The highest BCUT2D eigenvalue weighted by atomic mass is 35.5. The molecule has 0 unspecified atom stereocenters. The van der Waals surface area contributed by atoms with Crippen LogP contribution in [0.15, 0.2) is 24.3 Å². The van der Waals surface area contributed by atoms with E-state index in [-0.39, 0.29) is 12.1 Å². The Morgan fingerprint density at radius 3 is 2.56 bits per heavy atom. The highest BCUT2D eigenvalue weighted by Gasteiger charge is 2.23. The molecule has 5 heteroatoms. The number of anilines is 1. The highest BCUT2D eigenvalue weighted by Crippen LogP contribution is 2.19.